The number of aromatic nitrogens is 1. The van der Waals surface area contributed by atoms with Gasteiger partial charge in [0, 0.05) is 12.6 Å². The molecular formula is C12H19ClN4O2. The Morgan fingerprint density at radius 2 is 2.21 bits per heavy atom. The van der Waals surface area contributed by atoms with Gasteiger partial charge in [-0.1, -0.05) is 11.6 Å². The lowest BCUT2D eigenvalue weighted by Crippen LogP contribution is -2.28. The summed E-state index contributed by atoms with van der Waals surface area (Å²) in [7, 11) is 2.06. The molecule has 0 saturated carbocycles. The first kappa shape index (κ1) is 15.7. The fourth-order valence-corrected chi connectivity index (χ4v) is 1.69. The predicted octanol–water partition coefficient (Wildman–Crippen LogP) is 2.79. The predicted molar refractivity (Wildman–Crippen MR) is 76.8 cm³/mol. The highest BCUT2D eigenvalue weighted by Gasteiger charge is 2.10. The van der Waals surface area contributed by atoms with Gasteiger partial charge in [0.05, 0.1) is 17.1 Å². The minimum atomic E-state index is -0.481. The van der Waals surface area contributed by atoms with E-state index in [1.165, 1.54) is 12.1 Å². The lowest BCUT2D eigenvalue weighted by Gasteiger charge is -2.20. The van der Waals surface area contributed by atoms with Crippen molar-refractivity contribution >= 4 is 23.1 Å². The molecule has 106 valence electrons. The number of rotatable bonds is 7. The van der Waals surface area contributed by atoms with Crippen LogP contribution in [0, 0.1) is 10.1 Å². The number of hydrogen-bond acceptors (Lipinski definition) is 5. The van der Waals surface area contributed by atoms with Gasteiger partial charge in [-0.2, -0.15) is 0 Å². The summed E-state index contributed by atoms with van der Waals surface area (Å²) in [5, 5.41) is 13.9. The minimum absolute atomic E-state index is 0.0539. The average molecular weight is 287 g/mol. The summed E-state index contributed by atoms with van der Waals surface area (Å²) >= 11 is 5.74. The van der Waals surface area contributed by atoms with E-state index in [9.17, 15) is 10.1 Å². The van der Waals surface area contributed by atoms with Crippen molar-refractivity contribution < 1.29 is 4.92 Å². The van der Waals surface area contributed by atoms with Crippen LogP contribution >= 0.6 is 11.6 Å². The summed E-state index contributed by atoms with van der Waals surface area (Å²) in [6, 6.07) is 3.13. The third kappa shape index (κ3) is 5.40. The largest absolute Gasteiger partial charge is 0.370 e. The number of nitrogens with zero attached hydrogens (tertiary/aromatic N) is 3. The molecule has 0 aliphatic heterocycles. The molecule has 7 heteroatoms. The Morgan fingerprint density at radius 1 is 1.53 bits per heavy atom. The molecule has 0 aliphatic rings. The molecule has 0 radical (unpaired) electrons. The summed E-state index contributed by atoms with van der Waals surface area (Å²) in [6.45, 7) is 5.92. The topological polar surface area (TPSA) is 71.3 Å². The van der Waals surface area contributed by atoms with Crippen LogP contribution in [0.2, 0.25) is 5.15 Å². The Hall–Kier alpha value is -1.40. The van der Waals surface area contributed by atoms with Gasteiger partial charge in [0.2, 0.25) is 0 Å². The first-order valence-corrected chi connectivity index (χ1v) is 6.54. The Kier molecular flexibility index (Phi) is 5.98. The van der Waals surface area contributed by atoms with Crippen LogP contribution in [-0.2, 0) is 0 Å². The van der Waals surface area contributed by atoms with Crippen molar-refractivity contribution in [2.45, 2.75) is 26.3 Å². The Morgan fingerprint density at radius 3 is 2.79 bits per heavy atom. The maximum atomic E-state index is 10.7. The van der Waals surface area contributed by atoms with Gasteiger partial charge in [-0.15, -0.1) is 0 Å². The molecule has 0 bridgehead atoms. The van der Waals surface area contributed by atoms with E-state index in [-0.39, 0.29) is 10.8 Å². The molecule has 6 nitrogen and oxygen atoms in total. The molecular weight excluding hydrogens is 268 g/mol. The zero-order chi connectivity index (χ0) is 14.4. The fourth-order valence-electron chi connectivity index (χ4n) is 1.48. The van der Waals surface area contributed by atoms with Gasteiger partial charge < -0.3 is 10.2 Å². The van der Waals surface area contributed by atoms with Crippen molar-refractivity contribution in [1.82, 2.24) is 9.88 Å². The summed E-state index contributed by atoms with van der Waals surface area (Å²) in [4.78, 5) is 16.4. The number of hydrogen-bond donors (Lipinski definition) is 1. The molecule has 1 rings (SSSR count). The van der Waals surface area contributed by atoms with Gasteiger partial charge in [0.25, 0.3) is 5.69 Å². The van der Waals surface area contributed by atoms with E-state index < -0.39 is 4.92 Å². The quantitative estimate of drug-likeness (QED) is 0.361. The SMILES string of the molecule is CC(C)N(C)CCCNc1cc([N+](=O)[O-])cc(Cl)n1. The van der Waals surface area contributed by atoms with Crippen LogP contribution in [0.5, 0.6) is 0 Å². The average Bonchev–Trinajstić information content (AvgIpc) is 2.33. The van der Waals surface area contributed by atoms with E-state index in [0.29, 0.717) is 18.4 Å². The molecule has 1 aromatic heterocycles. The van der Waals surface area contributed by atoms with E-state index in [1.807, 2.05) is 0 Å². The van der Waals surface area contributed by atoms with E-state index in [0.717, 1.165) is 13.0 Å². The second-order valence-electron chi connectivity index (χ2n) is 4.65. The Bertz CT molecular complexity index is 440. The van der Waals surface area contributed by atoms with Crippen molar-refractivity contribution in [1.29, 1.82) is 0 Å². The van der Waals surface area contributed by atoms with Gasteiger partial charge in [-0.05, 0) is 33.9 Å². The first-order valence-electron chi connectivity index (χ1n) is 6.16. The third-order valence-electron chi connectivity index (χ3n) is 2.86. The van der Waals surface area contributed by atoms with E-state index in [1.54, 1.807) is 0 Å². The van der Waals surface area contributed by atoms with Crippen molar-refractivity contribution in [2.24, 2.45) is 0 Å². The molecule has 1 N–H and O–H groups in total. The van der Waals surface area contributed by atoms with Gasteiger partial charge >= 0.3 is 0 Å². The number of nitro groups is 1. The van der Waals surface area contributed by atoms with Crippen LogP contribution in [0.15, 0.2) is 12.1 Å². The van der Waals surface area contributed by atoms with Crippen LogP contribution in [0.3, 0.4) is 0 Å². The minimum Gasteiger partial charge on any atom is -0.370 e. The van der Waals surface area contributed by atoms with Crippen molar-refractivity contribution in [3.8, 4) is 0 Å². The van der Waals surface area contributed by atoms with Crippen molar-refractivity contribution in [2.75, 3.05) is 25.5 Å². The molecule has 0 amide bonds. The second kappa shape index (κ2) is 7.25. The smallest absolute Gasteiger partial charge is 0.276 e. The van der Waals surface area contributed by atoms with E-state index >= 15 is 0 Å². The highest BCUT2D eigenvalue weighted by molar-refractivity contribution is 6.29. The van der Waals surface area contributed by atoms with Gasteiger partial charge in [0.1, 0.15) is 11.0 Å². The van der Waals surface area contributed by atoms with E-state index in [2.05, 4.69) is 36.1 Å². The molecule has 0 aromatic carbocycles. The number of pyridine rings is 1. The van der Waals surface area contributed by atoms with Crippen molar-refractivity contribution in [3.63, 3.8) is 0 Å². The van der Waals surface area contributed by atoms with Crippen LogP contribution in [-0.4, -0.2) is 41.0 Å². The maximum Gasteiger partial charge on any atom is 0.276 e. The van der Waals surface area contributed by atoms with Gasteiger partial charge in [-0.3, -0.25) is 10.1 Å². The summed E-state index contributed by atoms with van der Waals surface area (Å²) in [6.07, 6.45) is 0.927. The number of nitrogens with one attached hydrogen (secondary N) is 1. The summed E-state index contributed by atoms with van der Waals surface area (Å²) in [5.74, 6) is 0.436. The van der Waals surface area contributed by atoms with Crippen LogP contribution in [0.1, 0.15) is 20.3 Å². The molecule has 0 atom stereocenters. The Balaban J connectivity index is 2.47. The normalized spacial score (nSPS) is 11.1. The number of halogens is 1. The molecule has 1 heterocycles. The second-order valence-corrected chi connectivity index (χ2v) is 5.03. The number of anilines is 1. The standard InChI is InChI=1S/C12H19ClN4O2/c1-9(2)16(3)6-4-5-14-12-8-10(17(18)19)7-11(13)15-12/h7-9H,4-6H2,1-3H3,(H,14,15). The molecule has 0 spiro atoms. The maximum absolute atomic E-state index is 10.7. The summed E-state index contributed by atoms with van der Waals surface area (Å²) in [5.41, 5.74) is -0.0539. The highest BCUT2D eigenvalue weighted by atomic mass is 35.5. The highest BCUT2D eigenvalue weighted by Crippen LogP contribution is 2.20. The summed E-state index contributed by atoms with van der Waals surface area (Å²) < 4.78 is 0. The molecule has 0 fully saturated rings. The van der Waals surface area contributed by atoms with E-state index in [4.69, 9.17) is 11.6 Å². The van der Waals surface area contributed by atoms with Gasteiger partial charge in [-0.25, -0.2) is 4.98 Å². The third-order valence-corrected chi connectivity index (χ3v) is 3.06. The van der Waals surface area contributed by atoms with Crippen LogP contribution in [0.4, 0.5) is 11.5 Å². The lowest BCUT2D eigenvalue weighted by molar-refractivity contribution is -0.384. The monoisotopic (exact) mass is 286 g/mol. The zero-order valence-corrected chi connectivity index (χ0v) is 12.1. The zero-order valence-electron chi connectivity index (χ0n) is 11.4. The fraction of sp³-hybridized carbons (Fsp3) is 0.583. The van der Waals surface area contributed by atoms with Gasteiger partial charge in [0.15, 0.2) is 0 Å². The lowest BCUT2D eigenvalue weighted by atomic mass is 10.3. The van der Waals surface area contributed by atoms with Crippen molar-refractivity contribution in [3.05, 3.63) is 27.4 Å². The first-order chi connectivity index (χ1) is 8.90. The molecule has 19 heavy (non-hydrogen) atoms. The van der Waals surface area contributed by atoms with Crippen LogP contribution < -0.4 is 5.32 Å². The van der Waals surface area contributed by atoms with Crippen LogP contribution in [0.25, 0.3) is 0 Å². The molecule has 0 aliphatic carbocycles. The molecule has 0 unspecified atom stereocenters. The molecule has 1 aromatic rings. The Labute approximate surface area is 117 Å². The molecule has 0 saturated heterocycles.